The maximum atomic E-state index is 8.45. The highest BCUT2D eigenvalue weighted by Crippen LogP contribution is 2.33. The molecule has 0 amide bonds. The van der Waals surface area contributed by atoms with Gasteiger partial charge in [0.2, 0.25) is 0 Å². The number of nitrogens with zero attached hydrogens (tertiary/aromatic N) is 1. The summed E-state index contributed by atoms with van der Waals surface area (Å²) in [6.07, 6.45) is 12.6. The molecule has 1 fully saturated rings. The number of benzene rings is 1. The van der Waals surface area contributed by atoms with Gasteiger partial charge in [-0.1, -0.05) is 49.8 Å². The Morgan fingerprint density at radius 3 is 2.27 bits per heavy atom. The van der Waals surface area contributed by atoms with Crippen molar-refractivity contribution in [1.82, 2.24) is 0 Å². The standard InChI is InChI=1S/C21H25N/c1-2-3-5-18-7-11-20(12-8-18)15-16-21-13-9-19(10-14-21)6-4-17-22/h2,9-10,13-14,18,20H,1,3,5,7-8,11-12,15-16H2. The molecule has 0 unspecified atom stereocenters. The highest BCUT2D eigenvalue weighted by Gasteiger charge is 2.20. The van der Waals surface area contributed by atoms with E-state index in [1.165, 1.54) is 50.5 Å². The Morgan fingerprint density at radius 2 is 1.68 bits per heavy atom. The largest absolute Gasteiger partial charge is 0.183 e. The topological polar surface area (TPSA) is 23.8 Å². The molecule has 0 atom stereocenters. The second-order valence-electron chi connectivity index (χ2n) is 6.35. The van der Waals surface area contributed by atoms with Gasteiger partial charge in [-0.2, -0.15) is 5.26 Å². The molecule has 0 radical (unpaired) electrons. The van der Waals surface area contributed by atoms with Gasteiger partial charge in [-0.05, 0) is 55.2 Å². The van der Waals surface area contributed by atoms with E-state index < -0.39 is 0 Å². The Kier molecular flexibility index (Phi) is 6.79. The van der Waals surface area contributed by atoms with Gasteiger partial charge in [0.1, 0.15) is 0 Å². The van der Waals surface area contributed by atoms with Crippen molar-refractivity contribution >= 4 is 0 Å². The van der Waals surface area contributed by atoms with Crippen molar-refractivity contribution in [2.45, 2.75) is 51.4 Å². The molecule has 1 heteroatoms. The second-order valence-corrected chi connectivity index (χ2v) is 6.35. The monoisotopic (exact) mass is 291 g/mol. The molecule has 1 saturated carbocycles. The third-order valence-corrected chi connectivity index (χ3v) is 4.80. The Balaban J connectivity index is 1.72. The summed E-state index contributed by atoms with van der Waals surface area (Å²) >= 11 is 0. The molecule has 0 bridgehead atoms. The molecule has 1 aliphatic rings. The first-order chi connectivity index (χ1) is 10.8. The number of nitriles is 1. The van der Waals surface area contributed by atoms with Crippen LogP contribution in [0.4, 0.5) is 0 Å². The third-order valence-electron chi connectivity index (χ3n) is 4.80. The summed E-state index contributed by atoms with van der Waals surface area (Å²) in [6.45, 7) is 3.82. The fraction of sp³-hybridized carbons (Fsp3) is 0.476. The minimum absolute atomic E-state index is 0.901. The van der Waals surface area contributed by atoms with Gasteiger partial charge in [-0.25, -0.2) is 0 Å². The molecular formula is C21H25N. The van der Waals surface area contributed by atoms with E-state index in [4.69, 9.17) is 5.26 Å². The number of hydrogen-bond donors (Lipinski definition) is 0. The molecule has 0 saturated heterocycles. The first kappa shape index (κ1) is 16.4. The van der Waals surface area contributed by atoms with Crippen molar-refractivity contribution in [3.8, 4) is 17.9 Å². The summed E-state index contributed by atoms with van der Waals surface area (Å²) in [5, 5.41) is 8.45. The highest BCUT2D eigenvalue weighted by molar-refractivity contribution is 5.39. The van der Waals surface area contributed by atoms with Crippen molar-refractivity contribution in [3.63, 3.8) is 0 Å². The predicted octanol–water partition coefficient (Wildman–Crippen LogP) is 5.27. The van der Waals surface area contributed by atoms with Crippen LogP contribution in [0.3, 0.4) is 0 Å². The molecule has 0 N–H and O–H groups in total. The summed E-state index contributed by atoms with van der Waals surface area (Å²) in [6, 6.07) is 10.2. The zero-order valence-electron chi connectivity index (χ0n) is 13.4. The van der Waals surface area contributed by atoms with Gasteiger partial charge in [0.15, 0.2) is 6.07 Å². The maximum absolute atomic E-state index is 8.45. The first-order valence-corrected chi connectivity index (χ1v) is 8.41. The molecule has 1 aliphatic carbocycles. The fourth-order valence-electron chi connectivity index (χ4n) is 3.39. The van der Waals surface area contributed by atoms with E-state index in [2.05, 4.69) is 36.6 Å². The molecule has 0 aromatic heterocycles. The lowest BCUT2D eigenvalue weighted by atomic mass is 9.78. The van der Waals surface area contributed by atoms with Gasteiger partial charge >= 0.3 is 0 Å². The summed E-state index contributed by atoms with van der Waals surface area (Å²) in [4.78, 5) is 0. The average Bonchev–Trinajstić information content (AvgIpc) is 2.58. The van der Waals surface area contributed by atoms with Crippen LogP contribution in [0.1, 0.15) is 56.1 Å². The number of hydrogen-bond acceptors (Lipinski definition) is 1. The average molecular weight is 291 g/mol. The van der Waals surface area contributed by atoms with Crippen LogP contribution < -0.4 is 0 Å². The lowest BCUT2D eigenvalue weighted by molar-refractivity contribution is 0.254. The predicted molar refractivity (Wildman–Crippen MR) is 92.1 cm³/mol. The van der Waals surface area contributed by atoms with Crippen LogP contribution in [0.25, 0.3) is 0 Å². The molecular weight excluding hydrogens is 266 g/mol. The first-order valence-electron chi connectivity index (χ1n) is 8.41. The van der Waals surface area contributed by atoms with Crippen molar-refractivity contribution < 1.29 is 0 Å². The Morgan fingerprint density at radius 1 is 1.05 bits per heavy atom. The minimum Gasteiger partial charge on any atom is -0.183 e. The summed E-state index contributed by atoms with van der Waals surface area (Å²) in [5.41, 5.74) is 2.31. The zero-order chi connectivity index (χ0) is 15.6. The van der Waals surface area contributed by atoms with Crippen molar-refractivity contribution in [3.05, 3.63) is 48.0 Å². The number of aryl methyl sites for hydroxylation is 1. The van der Waals surface area contributed by atoms with Crippen LogP contribution in [0.15, 0.2) is 36.9 Å². The van der Waals surface area contributed by atoms with Crippen molar-refractivity contribution in [1.29, 1.82) is 5.26 Å². The van der Waals surface area contributed by atoms with E-state index in [9.17, 15) is 0 Å². The van der Waals surface area contributed by atoms with Gasteiger partial charge in [-0.3, -0.25) is 0 Å². The van der Waals surface area contributed by atoms with E-state index >= 15 is 0 Å². The van der Waals surface area contributed by atoms with Gasteiger partial charge < -0.3 is 0 Å². The molecule has 1 aromatic rings. The minimum atomic E-state index is 0.901. The van der Waals surface area contributed by atoms with Crippen LogP contribution in [-0.4, -0.2) is 0 Å². The summed E-state index contributed by atoms with van der Waals surface area (Å²) < 4.78 is 0. The van der Waals surface area contributed by atoms with Crippen LogP contribution >= 0.6 is 0 Å². The molecule has 1 nitrogen and oxygen atoms in total. The maximum Gasteiger partial charge on any atom is 0.152 e. The van der Waals surface area contributed by atoms with Crippen molar-refractivity contribution in [2.24, 2.45) is 11.8 Å². The van der Waals surface area contributed by atoms with E-state index in [0.717, 1.165) is 23.8 Å². The second kappa shape index (κ2) is 9.11. The number of rotatable bonds is 6. The fourth-order valence-corrected chi connectivity index (χ4v) is 3.39. The molecule has 0 aliphatic heterocycles. The molecule has 0 heterocycles. The Labute approximate surface area is 135 Å². The van der Waals surface area contributed by atoms with E-state index in [1.54, 1.807) is 0 Å². The van der Waals surface area contributed by atoms with Crippen LogP contribution in [0.5, 0.6) is 0 Å². The molecule has 114 valence electrons. The Bertz CT molecular complexity index is 557. The lowest BCUT2D eigenvalue weighted by Gasteiger charge is -2.28. The molecule has 2 rings (SSSR count). The zero-order valence-corrected chi connectivity index (χ0v) is 13.4. The van der Waals surface area contributed by atoms with Gasteiger partial charge in [0.25, 0.3) is 0 Å². The van der Waals surface area contributed by atoms with Crippen LogP contribution in [0.2, 0.25) is 0 Å². The van der Waals surface area contributed by atoms with Gasteiger partial charge in [0, 0.05) is 11.5 Å². The van der Waals surface area contributed by atoms with E-state index in [1.807, 2.05) is 18.2 Å². The third kappa shape index (κ3) is 5.42. The molecule has 0 spiro atoms. The van der Waals surface area contributed by atoms with E-state index in [-0.39, 0.29) is 0 Å². The lowest BCUT2D eigenvalue weighted by Crippen LogP contribution is -2.15. The molecule has 1 aromatic carbocycles. The SMILES string of the molecule is C=CCCC1CCC(CCc2ccc(C#CC#N)cc2)CC1. The summed E-state index contributed by atoms with van der Waals surface area (Å²) in [7, 11) is 0. The molecule has 22 heavy (non-hydrogen) atoms. The normalized spacial score (nSPS) is 20.5. The van der Waals surface area contributed by atoms with Crippen molar-refractivity contribution in [2.75, 3.05) is 0 Å². The van der Waals surface area contributed by atoms with Crippen LogP contribution in [-0.2, 0) is 6.42 Å². The Hall–Kier alpha value is -1.99. The van der Waals surface area contributed by atoms with E-state index in [0.29, 0.717) is 0 Å². The smallest absolute Gasteiger partial charge is 0.152 e. The van der Waals surface area contributed by atoms with Gasteiger partial charge in [-0.15, -0.1) is 6.58 Å². The quantitative estimate of drug-likeness (QED) is 0.517. The van der Waals surface area contributed by atoms with Gasteiger partial charge in [0.05, 0.1) is 0 Å². The summed E-state index contributed by atoms with van der Waals surface area (Å²) in [5.74, 6) is 7.10. The highest BCUT2D eigenvalue weighted by atomic mass is 14.3. The van der Waals surface area contributed by atoms with Crippen LogP contribution in [0, 0.1) is 35.0 Å². The number of allylic oxidation sites excluding steroid dienone is 1.